The molecule has 0 bridgehead atoms. The van der Waals surface area contributed by atoms with Crippen molar-refractivity contribution in [1.29, 1.82) is 0 Å². The molecular formula is C8H7IO2. The van der Waals surface area contributed by atoms with Gasteiger partial charge in [-0.15, -0.1) is 0 Å². The number of para-hydroxylation sites is 1. The predicted molar refractivity (Wildman–Crippen MR) is 49.6 cm³/mol. The number of ether oxygens (including phenoxy) is 1. The summed E-state index contributed by atoms with van der Waals surface area (Å²) in [5, 5.41) is 9.38. The molecule has 0 saturated heterocycles. The van der Waals surface area contributed by atoms with E-state index in [2.05, 4.69) is 22.6 Å². The summed E-state index contributed by atoms with van der Waals surface area (Å²) < 4.78 is 6.35. The molecule has 0 aromatic heterocycles. The Morgan fingerprint density at radius 2 is 2.36 bits per heavy atom. The molecule has 0 spiro atoms. The van der Waals surface area contributed by atoms with Crippen molar-refractivity contribution in [3.63, 3.8) is 0 Å². The van der Waals surface area contributed by atoms with Gasteiger partial charge in [-0.3, -0.25) is 0 Å². The second-order valence-electron chi connectivity index (χ2n) is 2.48. The van der Waals surface area contributed by atoms with Gasteiger partial charge in [0.25, 0.3) is 0 Å². The van der Waals surface area contributed by atoms with Crippen LogP contribution in [0.2, 0.25) is 0 Å². The van der Waals surface area contributed by atoms with Gasteiger partial charge in [0.15, 0.2) is 0 Å². The lowest BCUT2D eigenvalue weighted by molar-refractivity contribution is 0.140. The number of hydrogen-bond donors (Lipinski definition) is 1. The second kappa shape index (κ2) is 2.64. The number of halogens is 1. The molecule has 1 N–H and O–H groups in total. The van der Waals surface area contributed by atoms with E-state index >= 15 is 0 Å². The van der Waals surface area contributed by atoms with E-state index in [0.29, 0.717) is 6.61 Å². The van der Waals surface area contributed by atoms with Crippen LogP contribution in [0.15, 0.2) is 18.2 Å². The van der Waals surface area contributed by atoms with Gasteiger partial charge < -0.3 is 9.84 Å². The number of aliphatic hydroxyl groups is 1. The zero-order valence-electron chi connectivity index (χ0n) is 5.75. The first-order chi connectivity index (χ1) is 5.29. The minimum atomic E-state index is -0.431. The number of aliphatic hydroxyl groups excluding tert-OH is 1. The van der Waals surface area contributed by atoms with E-state index in [9.17, 15) is 5.11 Å². The van der Waals surface area contributed by atoms with Crippen LogP contribution in [0, 0.1) is 3.57 Å². The number of benzene rings is 1. The summed E-state index contributed by atoms with van der Waals surface area (Å²) in [6, 6.07) is 5.80. The Hall–Kier alpha value is -0.290. The molecule has 0 fully saturated rings. The Bertz CT molecular complexity index is 285. The molecule has 1 aliphatic rings. The standard InChI is InChI=1S/C8H7IO2/c9-6-3-1-2-5-7(10)4-11-8(5)6/h1-3,7,10H,4H2. The van der Waals surface area contributed by atoms with E-state index in [1.165, 1.54) is 0 Å². The van der Waals surface area contributed by atoms with E-state index < -0.39 is 6.10 Å². The van der Waals surface area contributed by atoms with Crippen LogP contribution in [-0.2, 0) is 0 Å². The summed E-state index contributed by atoms with van der Waals surface area (Å²) in [6.45, 7) is 0.398. The van der Waals surface area contributed by atoms with Crippen molar-refractivity contribution in [3.8, 4) is 5.75 Å². The van der Waals surface area contributed by atoms with Gasteiger partial charge in [-0.1, -0.05) is 12.1 Å². The number of hydrogen-bond acceptors (Lipinski definition) is 2. The average molecular weight is 262 g/mol. The zero-order valence-corrected chi connectivity index (χ0v) is 7.91. The summed E-state index contributed by atoms with van der Waals surface area (Å²) in [7, 11) is 0. The zero-order chi connectivity index (χ0) is 7.84. The lowest BCUT2D eigenvalue weighted by Crippen LogP contribution is -1.97. The molecule has 0 amide bonds. The summed E-state index contributed by atoms with van der Waals surface area (Å²) in [4.78, 5) is 0. The van der Waals surface area contributed by atoms with Crippen molar-refractivity contribution in [2.24, 2.45) is 0 Å². The van der Waals surface area contributed by atoms with E-state index in [-0.39, 0.29) is 0 Å². The molecule has 2 nitrogen and oxygen atoms in total. The van der Waals surface area contributed by atoms with Crippen LogP contribution in [0.3, 0.4) is 0 Å². The average Bonchev–Trinajstić information content (AvgIpc) is 2.35. The van der Waals surface area contributed by atoms with Gasteiger partial charge in [0.1, 0.15) is 18.5 Å². The van der Waals surface area contributed by atoms with Crippen molar-refractivity contribution in [3.05, 3.63) is 27.3 Å². The van der Waals surface area contributed by atoms with Crippen LogP contribution < -0.4 is 4.74 Å². The quantitative estimate of drug-likeness (QED) is 0.721. The van der Waals surface area contributed by atoms with Crippen LogP contribution in [0.4, 0.5) is 0 Å². The lowest BCUT2D eigenvalue weighted by Gasteiger charge is -1.99. The Morgan fingerprint density at radius 3 is 3.09 bits per heavy atom. The molecule has 11 heavy (non-hydrogen) atoms. The van der Waals surface area contributed by atoms with Gasteiger partial charge in [-0.2, -0.15) is 0 Å². The van der Waals surface area contributed by atoms with Gasteiger partial charge in [0.05, 0.1) is 3.57 Å². The highest BCUT2D eigenvalue weighted by molar-refractivity contribution is 14.1. The molecule has 1 heterocycles. The topological polar surface area (TPSA) is 29.5 Å². The molecule has 1 atom stereocenters. The SMILES string of the molecule is OC1COc2c(I)cccc21. The Balaban J connectivity index is 2.57. The number of fused-ring (bicyclic) bond motifs is 1. The van der Waals surface area contributed by atoms with E-state index in [1.807, 2.05) is 18.2 Å². The van der Waals surface area contributed by atoms with Crippen molar-refractivity contribution in [2.75, 3.05) is 6.61 Å². The molecule has 58 valence electrons. The third kappa shape index (κ3) is 1.12. The van der Waals surface area contributed by atoms with E-state index in [1.54, 1.807) is 0 Å². The van der Waals surface area contributed by atoms with Crippen LogP contribution in [0.25, 0.3) is 0 Å². The molecular weight excluding hydrogens is 255 g/mol. The summed E-state index contributed by atoms with van der Waals surface area (Å²) >= 11 is 2.20. The number of rotatable bonds is 0. The van der Waals surface area contributed by atoms with Crippen molar-refractivity contribution >= 4 is 22.6 Å². The first-order valence-corrected chi connectivity index (χ1v) is 4.46. The first-order valence-electron chi connectivity index (χ1n) is 3.38. The minimum Gasteiger partial charge on any atom is -0.489 e. The van der Waals surface area contributed by atoms with Crippen molar-refractivity contribution in [2.45, 2.75) is 6.10 Å². The fraction of sp³-hybridized carbons (Fsp3) is 0.250. The van der Waals surface area contributed by atoms with Crippen LogP contribution in [-0.4, -0.2) is 11.7 Å². The normalized spacial score (nSPS) is 21.1. The molecule has 1 aromatic rings. The molecule has 3 heteroatoms. The third-order valence-corrected chi connectivity index (χ3v) is 2.59. The van der Waals surface area contributed by atoms with Crippen LogP contribution in [0.1, 0.15) is 11.7 Å². The predicted octanol–water partition coefficient (Wildman–Crippen LogP) is 1.72. The highest BCUT2D eigenvalue weighted by Crippen LogP contribution is 2.35. The largest absolute Gasteiger partial charge is 0.489 e. The van der Waals surface area contributed by atoms with E-state index in [4.69, 9.17) is 4.74 Å². The third-order valence-electron chi connectivity index (χ3n) is 1.74. The maximum Gasteiger partial charge on any atom is 0.138 e. The lowest BCUT2D eigenvalue weighted by atomic mass is 10.1. The smallest absolute Gasteiger partial charge is 0.138 e. The minimum absolute atomic E-state index is 0.398. The second-order valence-corrected chi connectivity index (χ2v) is 3.65. The highest BCUT2D eigenvalue weighted by atomic mass is 127. The molecule has 0 aliphatic carbocycles. The van der Waals surface area contributed by atoms with E-state index in [0.717, 1.165) is 14.9 Å². The highest BCUT2D eigenvalue weighted by Gasteiger charge is 2.22. The molecule has 0 radical (unpaired) electrons. The molecule has 1 unspecified atom stereocenters. The van der Waals surface area contributed by atoms with Gasteiger partial charge in [0.2, 0.25) is 0 Å². The summed E-state index contributed by atoms with van der Waals surface area (Å²) in [5.74, 6) is 0.848. The first kappa shape index (κ1) is 7.36. The summed E-state index contributed by atoms with van der Waals surface area (Å²) in [5.41, 5.74) is 0.914. The monoisotopic (exact) mass is 262 g/mol. The van der Waals surface area contributed by atoms with Gasteiger partial charge in [-0.05, 0) is 28.7 Å². The Labute approximate surface area is 78.3 Å². The van der Waals surface area contributed by atoms with Gasteiger partial charge >= 0.3 is 0 Å². The van der Waals surface area contributed by atoms with Gasteiger partial charge in [-0.25, -0.2) is 0 Å². The van der Waals surface area contributed by atoms with Crippen LogP contribution >= 0.6 is 22.6 Å². The Morgan fingerprint density at radius 1 is 1.55 bits per heavy atom. The maximum atomic E-state index is 9.38. The van der Waals surface area contributed by atoms with Gasteiger partial charge in [0, 0.05) is 5.56 Å². The fourth-order valence-electron chi connectivity index (χ4n) is 1.19. The maximum absolute atomic E-state index is 9.38. The van der Waals surface area contributed by atoms with Crippen molar-refractivity contribution < 1.29 is 9.84 Å². The van der Waals surface area contributed by atoms with Crippen molar-refractivity contribution in [1.82, 2.24) is 0 Å². The summed E-state index contributed by atoms with van der Waals surface area (Å²) in [6.07, 6.45) is -0.431. The Kier molecular flexibility index (Phi) is 1.77. The molecule has 1 aliphatic heterocycles. The molecule has 0 saturated carbocycles. The fourth-order valence-corrected chi connectivity index (χ4v) is 1.87. The molecule has 2 rings (SSSR count). The van der Waals surface area contributed by atoms with Crippen LogP contribution in [0.5, 0.6) is 5.75 Å². The molecule has 1 aromatic carbocycles.